The minimum Gasteiger partial charge on any atom is -0.310 e. The molecule has 0 bridgehead atoms. The van der Waals surface area contributed by atoms with E-state index < -0.39 is 0 Å². The number of para-hydroxylation sites is 1. The van der Waals surface area contributed by atoms with Crippen LogP contribution in [0, 0.1) is 0 Å². The molecule has 2 aromatic rings. The Kier molecular flexibility index (Phi) is 2.81. The molecular weight excluding hydrogens is 234 g/mol. The molecule has 2 heterocycles. The van der Waals surface area contributed by atoms with Crippen molar-refractivity contribution in [2.24, 2.45) is 7.05 Å². The van der Waals surface area contributed by atoms with Gasteiger partial charge in [0.25, 0.3) is 0 Å². The summed E-state index contributed by atoms with van der Waals surface area (Å²) in [5, 5.41) is 9.53. The fourth-order valence-electron chi connectivity index (χ4n) is 2.72. The number of hydrogen-bond donors (Lipinski definition) is 1. The van der Waals surface area contributed by atoms with Crippen LogP contribution in [0.25, 0.3) is 10.9 Å². The van der Waals surface area contributed by atoms with Crippen LogP contribution in [0.2, 0.25) is 5.15 Å². The van der Waals surface area contributed by atoms with Crippen LogP contribution in [-0.4, -0.2) is 16.3 Å². The third-order valence-corrected chi connectivity index (χ3v) is 3.82. The van der Waals surface area contributed by atoms with Gasteiger partial charge in [0.05, 0.1) is 5.52 Å². The van der Waals surface area contributed by atoms with E-state index in [-0.39, 0.29) is 0 Å². The number of benzene rings is 1. The number of nitrogens with zero attached hydrogens (tertiary/aromatic N) is 2. The van der Waals surface area contributed by atoms with Gasteiger partial charge in [0, 0.05) is 18.5 Å². The molecule has 90 valence electrons. The Morgan fingerprint density at radius 2 is 2.29 bits per heavy atom. The van der Waals surface area contributed by atoms with Crippen molar-refractivity contribution in [3.63, 3.8) is 0 Å². The lowest BCUT2D eigenvalue weighted by atomic mass is 9.96. The number of rotatable bonds is 1. The minimum absolute atomic E-state index is 0.443. The zero-order chi connectivity index (χ0) is 11.8. The van der Waals surface area contributed by atoms with Crippen molar-refractivity contribution < 1.29 is 0 Å². The zero-order valence-electron chi connectivity index (χ0n) is 9.91. The van der Waals surface area contributed by atoms with Crippen LogP contribution < -0.4 is 5.32 Å². The van der Waals surface area contributed by atoms with E-state index in [1.165, 1.54) is 24.8 Å². The Morgan fingerprint density at radius 1 is 1.41 bits per heavy atom. The second-order valence-corrected chi connectivity index (χ2v) is 5.02. The van der Waals surface area contributed by atoms with E-state index in [1.807, 2.05) is 17.8 Å². The maximum atomic E-state index is 6.14. The molecule has 1 unspecified atom stereocenters. The van der Waals surface area contributed by atoms with Crippen molar-refractivity contribution >= 4 is 22.5 Å². The SMILES string of the molecule is Cn1nc(Cl)c2cccc(C3CCCCN3)c21. The number of fused-ring (bicyclic) bond motifs is 1. The Bertz CT molecular complexity index is 541. The predicted octanol–water partition coefficient (Wildman–Crippen LogP) is 3.04. The Morgan fingerprint density at radius 3 is 3.06 bits per heavy atom. The molecule has 1 aliphatic rings. The Labute approximate surface area is 106 Å². The van der Waals surface area contributed by atoms with Gasteiger partial charge in [-0.05, 0) is 31.0 Å². The summed E-state index contributed by atoms with van der Waals surface area (Å²) in [5.41, 5.74) is 2.49. The van der Waals surface area contributed by atoms with Crippen LogP contribution >= 0.6 is 11.6 Å². The van der Waals surface area contributed by atoms with Crippen LogP contribution in [0.5, 0.6) is 0 Å². The number of aryl methyl sites for hydroxylation is 1. The summed E-state index contributed by atoms with van der Waals surface area (Å²) in [6.07, 6.45) is 3.76. The average molecular weight is 250 g/mol. The quantitative estimate of drug-likeness (QED) is 0.842. The van der Waals surface area contributed by atoms with Gasteiger partial charge in [0.15, 0.2) is 5.15 Å². The summed E-state index contributed by atoms with van der Waals surface area (Å²) in [5.74, 6) is 0. The van der Waals surface area contributed by atoms with Crippen LogP contribution in [0.1, 0.15) is 30.9 Å². The lowest BCUT2D eigenvalue weighted by Crippen LogP contribution is -2.27. The minimum atomic E-state index is 0.443. The molecule has 1 aliphatic heterocycles. The van der Waals surface area contributed by atoms with E-state index in [1.54, 1.807) is 0 Å². The molecule has 1 N–H and O–H groups in total. The summed E-state index contributed by atoms with van der Waals surface area (Å²) < 4.78 is 1.89. The van der Waals surface area contributed by atoms with Crippen LogP contribution in [0.15, 0.2) is 18.2 Å². The molecule has 0 saturated carbocycles. The average Bonchev–Trinajstić information content (AvgIpc) is 2.66. The molecule has 1 fully saturated rings. The molecule has 3 rings (SSSR count). The topological polar surface area (TPSA) is 29.9 Å². The van der Waals surface area contributed by atoms with Crippen LogP contribution in [-0.2, 0) is 7.05 Å². The van der Waals surface area contributed by atoms with Crippen molar-refractivity contribution in [2.75, 3.05) is 6.54 Å². The smallest absolute Gasteiger partial charge is 0.158 e. The fourth-order valence-corrected chi connectivity index (χ4v) is 2.99. The van der Waals surface area contributed by atoms with Gasteiger partial charge in [-0.1, -0.05) is 30.2 Å². The van der Waals surface area contributed by atoms with Gasteiger partial charge in [0.1, 0.15) is 0 Å². The van der Waals surface area contributed by atoms with Crippen molar-refractivity contribution in [1.82, 2.24) is 15.1 Å². The highest BCUT2D eigenvalue weighted by molar-refractivity contribution is 6.34. The summed E-state index contributed by atoms with van der Waals surface area (Å²) in [6, 6.07) is 6.74. The number of hydrogen-bond acceptors (Lipinski definition) is 2. The number of aromatic nitrogens is 2. The van der Waals surface area contributed by atoms with E-state index in [0.29, 0.717) is 11.2 Å². The lowest BCUT2D eigenvalue weighted by molar-refractivity contribution is 0.413. The van der Waals surface area contributed by atoms with Crippen molar-refractivity contribution in [3.8, 4) is 0 Å². The van der Waals surface area contributed by atoms with E-state index in [2.05, 4.69) is 22.5 Å². The molecule has 17 heavy (non-hydrogen) atoms. The van der Waals surface area contributed by atoms with E-state index in [0.717, 1.165) is 17.4 Å². The van der Waals surface area contributed by atoms with Crippen molar-refractivity contribution in [2.45, 2.75) is 25.3 Å². The van der Waals surface area contributed by atoms with E-state index in [4.69, 9.17) is 11.6 Å². The van der Waals surface area contributed by atoms with Crippen molar-refractivity contribution in [1.29, 1.82) is 0 Å². The number of halogens is 1. The summed E-state index contributed by atoms with van der Waals surface area (Å²) in [6.45, 7) is 1.10. The maximum Gasteiger partial charge on any atom is 0.158 e. The molecular formula is C13H16ClN3. The first-order chi connectivity index (χ1) is 8.27. The van der Waals surface area contributed by atoms with Crippen molar-refractivity contribution in [3.05, 3.63) is 28.9 Å². The van der Waals surface area contributed by atoms with Gasteiger partial charge in [0.2, 0.25) is 0 Å². The Balaban J connectivity index is 2.15. The number of piperidine rings is 1. The summed E-state index contributed by atoms with van der Waals surface area (Å²) in [4.78, 5) is 0. The lowest BCUT2D eigenvalue weighted by Gasteiger charge is -2.24. The van der Waals surface area contributed by atoms with Gasteiger partial charge >= 0.3 is 0 Å². The monoisotopic (exact) mass is 249 g/mol. The highest BCUT2D eigenvalue weighted by atomic mass is 35.5. The standard InChI is InChI=1S/C13H16ClN3/c1-17-12-9(11-7-2-3-8-15-11)5-4-6-10(12)13(14)16-17/h4-6,11,15H,2-3,7-8H2,1H3. The van der Waals surface area contributed by atoms with Crippen LogP contribution in [0.4, 0.5) is 0 Å². The molecule has 1 atom stereocenters. The van der Waals surface area contributed by atoms with Gasteiger partial charge in [-0.2, -0.15) is 5.10 Å². The molecule has 0 amide bonds. The molecule has 1 aromatic heterocycles. The fraction of sp³-hybridized carbons (Fsp3) is 0.462. The normalized spacial score (nSPS) is 20.9. The highest BCUT2D eigenvalue weighted by Gasteiger charge is 2.19. The van der Waals surface area contributed by atoms with Crippen LogP contribution in [0.3, 0.4) is 0 Å². The van der Waals surface area contributed by atoms with Gasteiger partial charge in [-0.25, -0.2) is 0 Å². The molecule has 0 spiro atoms. The molecule has 1 saturated heterocycles. The molecule has 0 radical (unpaired) electrons. The van der Waals surface area contributed by atoms with E-state index >= 15 is 0 Å². The third kappa shape index (κ3) is 1.83. The first-order valence-corrected chi connectivity index (χ1v) is 6.49. The largest absolute Gasteiger partial charge is 0.310 e. The Hall–Kier alpha value is -1.06. The molecule has 4 heteroatoms. The first kappa shape index (κ1) is 11.1. The van der Waals surface area contributed by atoms with Gasteiger partial charge < -0.3 is 5.32 Å². The summed E-state index contributed by atoms with van der Waals surface area (Å²) >= 11 is 6.14. The third-order valence-electron chi connectivity index (χ3n) is 3.54. The highest BCUT2D eigenvalue weighted by Crippen LogP contribution is 2.31. The molecule has 3 nitrogen and oxygen atoms in total. The summed E-state index contributed by atoms with van der Waals surface area (Å²) in [7, 11) is 1.96. The van der Waals surface area contributed by atoms with Gasteiger partial charge in [-0.3, -0.25) is 4.68 Å². The molecule has 0 aliphatic carbocycles. The van der Waals surface area contributed by atoms with E-state index in [9.17, 15) is 0 Å². The predicted molar refractivity (Wildman–Crippen MR) is 70.3 cm³/mol. The second-order valence-electron chi connectivity index (χ2n) is 4.66. The maximum absolute atomic E-state index is 6.14. The number of nitrogens with one attached hydrogen (secondary N) is 1. The zero-order valence-corrected chi connectivity index (χ0v) is 10.7. The second kappa shape index (κ2) is 4.31. The van der Waals surface area contributed by atoms with Gasteiger partial charge in [-0.15, -0.1) is 0 Å². The first-order valence-electron chi connectivity index (χ1n) is 6.12. The molecule has 1 aromatic carbocycles.